The number of rotatable bonds is 10. The third-order valence-electron chi connectivity index (χ3n) is 4.27. The van der Waals surface area contributed by atoms with Crippen LogP contribution < -0.4 is 10.2 Å². The lowest BCUT2D eigenvalue weighted by atomic mass is 9.88. The van der Waals surface area contributed by atoms with Gasteiger partial charge in [-0.15, -0.1) is 0 Å². The van der Waals surface area contributed by atoms with Crippen molar-refractivity contribution in [3.63, 3.8) is 0 Å². The Bertz CT molecular complexity index is 573. The Morgan fingerprint density at radius 3 is 1.88 bits per heavy atom. The van der Waals surface area contributed by atoms with Gasteiger partial charge in [0.1, 0.15) is 0 Å². The van der Waals surface area contributed by atoms with Gasteiger partial charge in [-0.25, -0.2) is 0 Å². The maximum atomic E-state index is 11.6. The molecule has 0 saturated heterocycles. The van der Waals surface area contributed by atoms with Gasteiger partial charge in [0.2, 0.25) is 0 Å². The molecule has 0 unspecified atom stereocenters. The van der Waals surface area contributed by atoms with Gasteiger partial charge in [-0.3, -0.25) is 0 Å². The minimum atomic E-state index is -1.46. The highest BCUT2D eigenvalue weighted by molar-refractivity contribution is 6.01. The van der Waals surface area contributed by atoms with Gasteiger partial charge < -0.3 is 19.8 Å². The molecule has 4 heteroatoms. The quantitative estimate of drug-likeness (QED) is 0.659. The van der Waals surface area contributed by atoms with Crippen molar-refractivity contribution in [2.45, 2.75) is 66.2 Å². The van der Waals surface area contributed by atoms with E-state index in [-0.39, 0.29) is 11.1 Å². The smallest absolute Gasteiger partial charge is 0.0724 e. The average Bonchev–Trinajstić information content (AvgIpc) is 2.46. The maximum Gasteiger partial charge on any atom is 0.0724 e. The van der Waals surface area contributed by atoms with Crippen molar-refractivity contribution < 1.29 is 19.8 Å². The first-order valence-electron chi connectivity index (χ1n) is 8.81. The first kappa shape index (κ1) is 20.2. The van der Waals surface area contributed by atoms with Crippen LogP contribution in [0.5, 0.6) is 0 Å². The van der Waals surface area contributed by atoms with E-state index >= 15 is 0 Å². The molecule has 0 amide bonds. The molecule has 0 heterocycles. The molecule has 0 aromatic heterocycles. The Morgan fingerprint density at radius 2 is 1.42 bits per heavy atom. The molecule has 0 atom stereocenters. The third kappa shape index (κ3) is 5.99. The second-order valence-electron chi connectivity index (χ2n) is 7.27. The van der Waals surface area contributed by atoms with Crippen LogP contribution in [0, 0.1) is 11.8 Å². The Morgan fingerprint density at radius 1 is 0.875 bits per heavy atom. The number of carbonyl (C=O) groups is 2. The molecule has 0 saturated carbocycles. The molecule has 0 aliphatic heterocycles. The number of aryl methyl sites for hydroxylation is 1. The van der Waals surface area contributed by atoms with E-state index in [1.807, 2.05) is 0 Å². The van der Waals surface area contributed by atoms with Crippen molar-refractivity contribution in [3.05, 3.63) is 34.4 Å². The van der Waals surface area contributed by atoms with Crippen LogP contribution in [0.15, 0.2) is 12.1 Å². The molecule has 1 aromatic rings. The first-order chi connectivity index (χ1) is 11.2. The number of carbonyl (C=O) groups excluding carboxylic acids is 2. The SMILES string of the molecule is CC(C)CCCc1ccc(C(=O)[O-])c(C(=O)[O-])c1CCCC(C)C. The van der Waals surface area contributed by atoms with E-state index in [1.54, 1.807) is 6.07 Å². The molecular weight excluding hydrogens is 304 g/mol. The predicted molar refractivity (Wildman–Crippen MR) is 90.7 cm³/mol. The van der Waals surface area contributed by atoms with Crippen molar-refractivity contribution in [2.24, 2.45) is 11.8 Å². The molecule has 1 rings (SSSR count). The van der Waals surface area contributed by atoms with Gasteiger partial charge in [-0.05, 0) is 48.6 Å². The number of carboxylic acids is 2. The summed E-state index contributed by atoms with van der Waals surface area (Å²) < 4.78 is 0. The molecule has 0 bridgehead atoms. The number of aromatic carboxylic acids is 2. The highest BCUT2D eigenvalue weighted by Gasteiger charge is 2.15. The minimum Gasteiger partial charge on any atom is -0.545 e. The second-order valence-corrected chi connectivity index (χ2v) is 7.27. The van der Waals surface area contributed by atoms with Crippen LogP contribution in [-0.2, 0) is 12.8 Å². The zero-order chi connectivity index (χ0) is 18.3. The predicted octanol–water partition coefficient (Wildman–Crippen LogP) is 2.37. The fraction of sp³-hybridized carbons (Fsp3) is 0.600. The fourth-order valence-electron chi connectivity index (χ4n) is 3.00. The van der Waals surface area contributed by atoms with E-state index in [0.717, 1.165) is 37.7 Å². The summed E-state index contributed by atoms with van der Waals surface area (Å²) in [6.07, 6.45) is 5.10. The van der Waals surface area contributed by atoms with Crippen molar-refractivity contribution in [1.29, 1.82) is 0 Å². The van der Waals surface area contributed by atoms with Gasteiger partial charge in [0, 0.05) is 11.1 Å². The third-order valence-corrected chi connectivity index (χ3v) is 4.27. The molecule has 0 aliphatic rings. The van der Waals surface area contributed by atoms with Crippen LogP contribution in [0.4, 0.5) is 0 Å². The standard InChI is InChI=1S/C20H30O4/c1-13(2)7-5-9-15-11-12-17(19(21)22)18(20(23)24)16(15)10-6-8-14(3)4/h11-14H,5-10H2,1-4H3,(H,21,22)(H,23,24)/p-2. The zero-order valence-electron chi connectivity index (χ0n) is 15.2. The summed E-state index contributed by atoms with van der Waals surface area (Å²) in [6, 6.07) is 3.08. The summed E-state index contributed by atoms with van der Waals surface area (Å²) in [4.78, 5) is 22.8. The van der Waals surface area contributed by atoms with Gasteiger partial charge >= 0.3 is 0 Å². The van der Waals surface area contributed by atoms with Crippen molar-refractivity contribution in [1.82, 2.24) is 0 Å². The molecule has 24 heavy (non-hydrogen) atoms. The molecule has 134 valence electrons. The van der Waals surface area contributed by atoms with Gasteiger partial charge in [-0.1, -0.05) is 52.7 Å². The minimum absolute atomic E-state index is 0.194. The van der Waals surface area contributed by atoms with E-state index in [9.17, 15) is 19.8 Å². The topological polar surface area (TPSA) is 80.3 Å². The second kappa shape index (κ2) is 9.45. The Balaban J connectivity index is 3.18. The lowest BCUT2D eigenvalue weighted by molar-refractivity contribution is -0.259. The highest BCUT2D eigenvalue weighted by atomic mass is 16.4. The lowest BCUT2D eigenvalue weighted by Gasteiger charge is -2.21. The molecule has 0 fully saturated rings. The van der Waals surface area contributed by atoms with Crippen LogP contribution in [0.3, 0.4) is 0 Å². The summed E-state index contributed by atoms with van der Waals surface area (Å²) >= 11 is 0. The van der Waals surface area contributed by atoms with Gasteiger partial charge in [0.05, 0.1) is 11.9 Å². The van der Waals surface area contributed by atoms with E-state index in [2.05, 4.69) is 27.7 Å². The normalized spacial score (nSPS) is 11.2. The molecule has 4 nitrogen and oxygen atoms in total. The van der Waals surface area contributed by atoms with E-state index in [4.69, 9.17) is 0 Å². The monoisotopic (exact) mass is 332 g/mol. The highest BCUT2D eigenvalue weighted by Crippen LogP contribution is 2.24. The summed E-state index contributed by atoms with van der Waals surface area (Å²) in [6.45, 7) is 8.52. The van der Waals surface area contributed by atoms with E-state index in [0.29, 0.717) is 23.8 Å². The number of carboxylic acid groups (broad SMARTS) is 2. The molecule has 0 aliphatic carbocycles. The lowest BCUT2D eigenvalue weighted by Crippen LogP contribution is -2.31. The Hall–Kier alpha value is -1.84. The van der Waals surface area contributed by atoms with Crippen LogP contribution in [-0.4, -0.2) is 11.9 Å². The van der Waals surface area contributed by atoms with Gasteiger partial charge in [-0.2, -0.15) is 0 Å². The van der Waals surface area contributed by atoms with Gasteiger partial charge in [0.15, 0.2) is 0 Å². The number of hydrogen-bond acceptors (Lipinski definition) is 4. The van der Waals surface area contributed by atoms with Crippen LogP contribution >= 0.6 is 0 Å². The summed E-state index contributed by atoms with van der Waals surface area (Å²) in [7, 11) is 0. The Labute approximate surface area is 144 Å². The summed E-state index contributed by atoms with van der Waals surface area (Å²) in [5.74, 6) is -1.80. The molecule has 0 radical (unpaired) electrons. The van der Waals surface area contributed by atoms with Crippen LogP contribution in [0.1, 0.15) is 85.2 Å². The average molecular weight is 332 g/mol. The van der Waals surface area contributed by atoms with Crippen molar-refractivity contribution in [3.8, 4) is 0 Å². The molecule has 0 N–H and O–H groups in total. The first-order valence-corrected chi connectivity index (χ1v) is 8.81. The number of hydrogen-bond donors (Lipinski definition) is 0. The maximum absolute atomic E-state index is 11.6. The number of benzene rings is 1. The summed E-state index contributed by atoms with van der Waals surface area (Å²) in [5.41, 5.74) is 1.06. The van der Waals surface area contributed by atoms with Crippen molar-refractivity contribution >= 4 is 11.9 Å². The van der Waals surface area contributed by atoms with E-state index < -0.39 is 11.9 Å². The fourth-order valence-corrected chi connectivity index (χ4v) is 3.00. The van der Waals surface area contributed by atoms with Crippen LogP contribution in [0.25, 0.3) is 0 Å². The zero-order valence-corrected chi connectivity index (χ0v) is 15.2. The van der Waals surface area contributed by atoms with Gasteiger partial charge in [0.25, 0.3) is 0 Å². The molecular formula is C20H28O4-2. The molecule has 1 aromatic carbocycles. The van der Waals surface area contributed by atoms with Crippen molar-refractivity contribution in [2.75, 3.05) is 0 Å². The largest absolute Gasteiger partial charge is 0.545 e. The Kier molecular flexibility index (Phi) is 7.96. The molecule has 0 spiro atoms. The van der Waals surface area contributed by atoms with E-state index in [1.165, 1.54) is 6.07 Å². The summed E-state index contributed by atoms with van der Waals surface area (Å²) in [5, 5.41) is 22.8. The van der Waals surface area contributed by atoms with Crippen LogP contribution in [0.2, 0.25) is 0 Å².